The zero-order valence-electron chi connectivity index (χ0n) is 10.8. The summed E-state index contributed by atoms with van der Waals surface area (Å²) in [6.45, 7) is 2.90. The molecule has 1 aliphatic rings. The molecule has 19 heavy (non-hydrogen) atoms. The Morgan fingerprint density at radius 1 is 1.53 bits per heavy atom. The predicted octanol–water partition coefficient (Wildman–Crippen LogP) is 0.570. The van der Waals surface area contributed by atoms with Crippen LogP contribution in [-0.2, 0) is 4.79 Å². The Morgan fingerprint density at radius 3 is 3.00 bits per heavy atom. The highest BCUT2D eigenvalue weighted by Crippen LogP contribution is 2.18. The molecule has 1 aliphatic heterocycles. The van der Waals surface area contributed by atoms with E-state index in [4.69, 9.17) is 10.5 Å². The molecule has 102 valence electrons. The minimum Gasteiger partial charge on any atom is -0.488 e. The number of hydrogen-bond acceptors (Lipinski definition) is 4. The summed E-state index contributed by atoms with van der Waals surface area (Å²) in [7, 11) is 0. The minimum absolute atomic E-state index is 0.0548. The number of ether oxygens (including phenoxy) is 1. The quantitative estimate of drug-likeness (QED) is 0.864. The first-order valence-corrected chi connectivity index (χ1v) is 6.24. The fraction of sp³-hybridized carbons (Fsp3) is 0.462. The van der Waals surface area contributed by atoms with Gasteiger partial charge in [0.2, 0.25) is 5.91 Å². The molecule has 0 spiro atoms. The predicted molar refractivity (Wildman–Crippen MR) is 68.7 cm³/mol. The molecule has 1 saturated heterocycles. The molecular weight excluding hydrogens is 246 g/mol. The van der Waals surface area contributed by atoms with E-state index in [1.807, 2.05) is 0 Å². The molecule has 2 heterocycles. The molecule has 0 aromatic carbocycles. The van der Waals surface area contributed by atoms with Crippen LogP contribution in [-0.4, -0.2) is 40.9 Å². The number of aromatic nitrogens is 1. The summed E-state index contributed by atoms with van der Waals surface area (Å²) in [6.07, 6.45) is 3.23. The van der Waals surface area contributed by atoms with Crippen LogP contribution in [0.15, 0.2) is 18.3 Å². The summed E-state index contributed by atoms with van der Waals surface area (Å²) in [5.74, 6) is 0.0273. The number of nitrogens with zero attached hydrogens (tertiary/aromatic N) is 2. The van der Waals surface area contributed by atoms with Crippen molar-refractivity contribution in [3.8, 4) is 5.75 Å². The number of piperidine rings is 1. The highest BCUT2D eigenvalue weighted by Gasteiger charge is 2.23. The summed E-state index contributed by atoms with van der Waals surface area (Å²) in [5, 5.41) is 0. The molecule has 2 N–H and O–H groups in total. The van der Waals surface area contributed by atoms with Crippen LogP contribution < -0.4 is 10.5 Å². The zero-order chi connectivity index (χ0) is 13.8. The summed E-state index contributed by atoms with van der Waals surface area (Å²) in [4.78, 5) is 28.0. The molecule has 1 fully saturated rings. The van der Waals surface area contributed by atoms with E-state index in [1.54, 1.807) is 17.9 Å². The van der Waals surface area contributed by atoms with Crippen molar-refractivity contribution in [2.24, 2.45) is 5.73 Å². The summed E-state index contributed by atoms with van der Waals surface area (Å²) >= 11 is 0. The Balaban J connectivity index is 2.02. The lowest BCUT2D eigenvalue weighted by molar-refractivity contribution is -0.131. The van der Waals surface area contributed by atoms with Crippen LogP contribution in [0.25, 0.3) is 0 Å². The van der Waals surface area contributed by atoms with Crippen molar-refractivity contribution < 1.29 is 14.3 Å². The van der Waals surface area contributed by atoms with E-state index >= 15 is 0 Å². The van der Waals surface area contributed by atoms with Crippen molar-refractivity contribution in [1.82, 2.24) is 9.88 Å². The van der Waals surface area contributed by atoms with E-state index in [0.29, 0.717) is 12.3 Å². The maximum atomic E-state index is 11.3. The number of amides is 2. The van der Waals surface area contributed by atoms with E-state index in [2.05, 4.69) is 4.98 Å². The van der Waals surface area contributed by atoms with Crippen molar-refractivity contribution in [3.05, 3.63) is 24.0 Å². The normalized spacial score (nSPS) is 19.0. The number of likely N-dealkylation sites (tertiary alicyclic amines) is 1. The number of rotatable bonds is 3. The molecule has 2 amide bonds. The van der Waals surface area contributed by atoms with Crippen LogP contribution in [0, 0.1) is 0 Å². The number of pyridine rings is 1. The molecule has 1 aromatic heterocycles. The Morgan fingerprint density at radius 2 is 2.32 bits per heavy atom. The van der Waals surface area contributed by atoms with Crippen LogP contribution >= 0.6 is 0 Å². The maximum Gasteiger partial charge on any atom is 0.267 e. The average molecular weight is 263 g/mol. The number of hydrogen-bond donors (Lipinski definition) is 1. The molecule has 0 radical (unpaired) electrons. The average Bonchev–Trinajstić information content (AvgIpc) is 2.39. The van der Waals surface area contributed by atoms with E-state index in [0.717, 1.165) is 19.4 Å². The summed E-state index contributed by atoms with van der Waals surface area (Å²) in [5.41, 5.74) is 5.35. The molecular formula is C13H17N3O3. The van der Waals surface area contributed by atoms with Crippen molar-refractivity contribution in [2.75, 3.05) is 13.1 Å². The molecule has 6 heteroatoms. The van der Waals surface area contributed by atoms with Gasteiger partial charge in [0.05, 0.1) is 6.54 Å². The van der Waals surface area contributed by atoms with E-state index in [-0.39, 0.29) is 17.7 Å². The van der Waals surface area contributed by atoms with Gasteiger partial charge in [0.15, 0.2) is 0 Å². The summed E-state index contributed by atoms with van der Waals surface area (Å²) < 4.78 is 5.78. The van der Waals surface area contributed by atoms with Gasteiger partial charge in [-0.3, -0.25) is 14.6 Å². The number of primary amides is 1. The largest absolute Gasteiger partial charge is 0.488 e. The molecule has 1 aromatic rings. The lowest BCUT2D eigenvalue weighted by atomic mass is 10.1. The fourth-order valence-corrected chi connectivity index (χ4v) is 2.13. The van der Waals surface area contributed by atoms with Gasteiger partial charge in [-0.2, -0.15) is 0 Å². The monoisotopic (exact) mass is 263 g/mol. The van der Waals surface area contributed by atoms with Gasteiger partial charge >= 0.3 is 0 Å². The van der Waals surface area contributed by atoms with E-state index < -0.39 is 5.91 Å². The Hall–Kier alpha value is -2.11. The smallest absolute Gasteiger partial charge is 0.267 e. The topological polar surface area (TPSA) is 85.5 Å². The number of carbonyl (C=O) groups excluding carboxylic acids is 2. The van der Waals surface area contributed by atoms with Gasteiger partial charge in [-0.1, -0.05) is 0 Å². The standard InChI is InChI=1S/C13H17N3O3/c1-9(17)16-6-2-3-11(8-16)19-10-4-5-15-12(7-10)13(14)18/h4-5,7,11H,2-3,6,8H2,1H3,(H2,14,18). The van der Waals surface area contributed by atoms with Crippen LogP contribution in [0.2, 0.25) is 0 Å². The lowest BCUT2D eigenvalue weighted by Gasteiger charge is -2.32. The van der Waals surface area contributed by atoms with Crippen LogP contribution in [0.5, 0.6) is 5.75 Å². The number of nitrogens with two attached hydrogens (primary N) is 1. The van der Waals surface area contributed by atoms with Crippen molar-refractivity contribution >= 4 is 11.8 Å². The highest BCUT2D eigenvalue weighted by atomic mass is 16.5. The van der Waals surface area contributed by atoms with Gasteiger partial charge in [0.1, 0.15) is 17.5 Å². The van der Waals surface area contributed by atoms with Gasteiger partial charge in [-0.15, -0.1) is 0 Å². The van der Waals surface area contributed by atoms with Crippen molar-refractivity contribution in [1.29, 1.82) is 0 Å². The summed E-state index contributed by atoms with van der Waals surface area (Å²) in [6, 6.07) is 3.20. The molecule has 6 nitrogen and oxygen atoms in total. The third kappa shape index (κ3) is 3.43. The van der Waals surface area contributed by atoms with Crippen LogP contribution in [0.1, 0.15) is 30.3 Å². The number of carbonyl (C=O) groups is 2. The Labute approximate surface area is 111 Å². The van der Waals surface area contributed by atoms with Gasteiger partial charge in [-0.25, -0.2) is 0 Å². The first-order valence-electron chi connectivity index (χ1n) is 6.24. The van der Waals surface area contributed by atoms with Crippen LogP contribution in [0.4, 0.5) is 0 Å². The molecule has 0 bridgehead atoms. The molecule has 2 rings (SSSR count). The second kappa shape index (κ2) is 5.69. The first kappa shape index (κ1) is 13.3. The molecule has 1 atom stereocenters. The molecule has 0 saturated carbocycles. The van der Waals surface area contributed by atoms with Gasteiger partial charge in [-0.05, 0) is 18.9 Å². The zero-order valence-corrected chi connectivity index (χ0v) is 10.8. The SMILES string of the molecule is CC(=O)N1CCCC(Oc2ccnc(C(N)=O)c2)C1. The van der Waals surface area contributed by atoms with Gasteiger partial charge in [0.25, 0.3) is 5.91 Å². The van der Waals surface area contributed by atoms with Crippen LogP contribution in [0.3, 0.4) is 0 Å². The lowest BCUT2D eigenvalue weighted by Crippen LogP contribution is -2.43. The second-order valence-corrected chi connectivity index (χ2v) is 4.59. The maximum absolute atomic E-state index is 11.3. The molecule has 1 unspecified atom stereocenters. The van der Waals surface area contributed by atoms with E-state index in [1.165, 1.54) is 12.3 Å². The third-order valence-corrected chi connectivity index (χ3v) is 3.11. The Bertz CT molecular complexity index is 490. The Kier molecular flexibility index (Phi) is 3.99. The van der Waals surface area contributed by atoms with Gasteiger partial charge < -0.3 is 15.4 Å². The van der Waals surface area contributed by atoms with Crippen molar-refractivity contribution in [3.63, 3.8) is 0 Å². The van der Waals surface area contributed by atoms with E-state index in [9.17, 15) is 9.59 Å². The molecule has 0 aliphatic carbocycles. The second-order valence-electron chi connectivity index (χ2n) is 4.59. The van der Waals surface area contributed by atoms with Gasteiger partial charge in [0, 0.05) is 25.7 Å². The third-order valence-electron chi connectivity index (χ3n) is 3.11. The van der Waals surface area contributed by atoms with Crippen molar-refractivity contribution in [2.45, 2.75) is 25.9 Å². The highest BCUT2D eigenvalue weighted by molar-refractivity contribution is 5.91. The minimum atomic E-state index is -0.584. The fourth-order valence-electron chi connectivity index (χ4n) is 2.13. The first-order chi connectivity index (χ1) is 9.06.